The number of benzene rings is 2. The molecule has 5 heteroatoms. The minimum Gasteiger partial charge on any atom is -0.459 e. The molecule has 3 rings (SSSR count). The highest BCUT2D eigenvalue weighted by molar-refractivity contribution is 7.85. The Balaban J connectivity index is 1.88. The maximum atomic E-state index is 12.7. The zero-order valence-corrected chi connectivity index (χ0v) is 15.4. The van der Waals surface area contributed by atoms with Crippen LogP contribution in [-0.4, -0.2) is 15.9 Å². The SMILES string of the molecule is CC[S@](=O)c1ccccc1C(=O)N[C@H](C)c1oc2ccccc2c1C. The number of para-hydroxylation sites is 1. The molecule has 3 aromatic rings. The van der Waals surface area contributed by atoms with Crippen molar-refractivity contribution in [2.24, 2.45) is 0 Å². The molecule has 1 N–H and O–H groups in total. The van der Waals surface area contributed by atoms with Gasteiger partial charge in [-0.15, -0.1) is 0 Å². The molecule has 0 bridgehead atoms. The normalized spacial score (nSPS) is 13.6. The van der Waals surface area contributed by atoms with Crippen LogP contribution in [0.2, 0.25) is 0 Å². The van der Waals surface area contributed by atoms with Crippen LogP contribution in [0.4, 0.5) is 0 Å². The van der Waals surface area contributed by atoms with E-state index in [1.807, 2.05) is 45.0 Å². The van der Waals surface area contributed by atoms with E-state index in [0.717, 1.165) is 22.3 Å². The Hall–Kier alpha value is -2.40. The first-order chi connectivity index (χ1) is 12.0. The fourth-order valence-corrected chi connectivity index (χ4v) is 3.90. The third-order valence-electron chi connectivity index (χ3n) is 4.26. The summed E-state index contributed by atoms with van der Waals surface area (Å²) in [5.41, 5.74) is 2.28. The van der Waals surface area contributed by atoms with Crippen molar-refractivity contribution < 1.29 is 13.4 Å². The van der Waals surface area contributed by atoms with Crippen LogP contribution < -0.4 is 5.32 Å². The van der Waals surface area contributed by atoms with Gasteiger partial charge in [-0.25, -0.2) is 0 Å². The molecule has 0 saturated carbocycles. The van der Waals surface area contributed by atoms with Crippen LogP contribution in [0.5, 0.6) is 0 Å². The summed E-state index contributed by atoms with van der Waals surface area (Å²) < 4.78 is 18.1. The zero-order chi connectivity index (χ0) is 18.0. The van der Waals surface area contributed by atoms with Gasteiger partial charge in [-0.2, -0.15) is 0 Å². The van der Waals surface area contributed by atoms with E-state index in [-0.39, 0.29) is 11.9 Å². The molecular formula is C20H21NO3S. The van der Waals surface area contributed by atoms with Gasteiger partial charge < -0.3 is 9.73 Å². The van der Waals surface area contributed by atoms with Crippen LogP contribution >= 0.6 is 0 Å². The second-order valence-electron chi connectivity index (χ2n) is 5.91. The van der Waals surface area contributed by atoms with Crippen molar-refractivity contribution in [3.05, 3.63) is 65.4 Å². The predicted octanol–water partition coefficient (Wildman–Crippen LogP) is 4.36. The number of carbonyl (C=O) groups excluding carboxylic acids is 1. The largest absolute Gasteiger partial charge is 0.459 e. The third-order valence-corrected chi connectivity index (χ3v) is 5.63. The second kappa shape index (κ2) is 7.23. The summed E-state index contributed by atoms with van der Waals surface area (Å²) in [5.74, 6) is 0.969. The van der Waals surface area contributed by atoms with Crippen LogP contribution in [0.1, 0.15) is 41.6 Å². The van der Waals surface area contributed by atoms with Gasteiger partial charge in [0.15, 0.2) is 0 Å². The van der Waals surface area contributed by atoms with E-state index >= 15 is 0 Å². The molecule has 0 fully saturated rings. The van der Waals surface area contributed by atoms with Crippen molar-refractivity contribution in [2.75, 3.05) is 5.75 Å². The molecule has 0 aliphatic rings. The standard InChI is InChI=1S/C20H21NO3S/c1-4-25(23)18-12-8-6-10-16(18)20(22)21-14(3)19-13(2)15-9-5-7-11-17(15)24-19/h5-12,14H,4H2,1-3H3,(H,21,22)/t14-,25+/m1/s1. The van der Waals surface area contributed by atoms with Gasteiger partial charge in [-0.05, 0) is 32.0 Å². The maximum absolute atomic E-state index is 12.7. The van der Waals surface area contributed by atoms with Crippen LogP contribution in [-0.2, 0) is 10.8 Å². The average Bonchev–Trinajstić information content (AvgIpc) is 2.98. The van der Waals surface area contributed by atoms with E-state index in [2.05, 4.69) is 5.32 Å². The minimum absolute atomic E-state index is 0.246. The fraction of sp³-hybridized carbons (Fsp3) is 0.250. The van der Waals surface area contributed by atoms with Gasteiger partial charge >= 0.3 is 0 Å². The molecule has 1 aromatic heterocycles. The molecular weight excluding hydrogens is 334 g/mol. The number of rotatable bonds is 5. The Morgan fingerprint density at radius 1 is 1.16 bits per heavy atom. The van der Waals surface area contributed by atoms with Crippen LogP contribution in [0, 0.1) is 6.92 Å². The summed E-state index contributed by atoms with van der Waals surface area (Å²) in [6.07, 6.45) is 0. The van der Waals surface area contributed by atoms with Crippen molar-refractivity contribution in [3.8, 4) is 0 Å². The summed E-state index contributed by atoms with van der Waals surface area (Å²) in [5, 5.41) is 4.01. The molecule has 0 saturated heterocycles. The number of aryl methyl sites for hydroxylation is 1. The molecule has 130 valence electrons. The van der Waals surface area contributed by atoms with Crippen molar-refractivity contribution in [1.82, 2.24) is 5.32 Å². The van der Waals surface area contributed by atoms with Gasteiger partial charge in [-0.3, -0.25) is 9.00 Å². The second-order valence-corrected chi connectivity index (χ2v) is 7.62. The Morgan fingerprint density at radius 3 is 2.56 bits per heavy atom. The molecule has 0 aliphatic heterocycles. The Labute approximate surface area is 149 Å². The lowest BCUT2D eigenvalue weighted by atomic mass is 10.1. The Kier molecular flexibility index (Phi) is 5.04. The molecule has 0 unspecified atom stereocenters. The summed E-state index contributed by atoms with van der Waals surface area (Å²) in [6, 6.07) is 14.6. The van der Waals surface area contributed by atoms with Gasteiger partial charge in [-0.1, -0.05) is 37.3 Å². The monoisotopic (exact) mass is 355 g/mol. The number of furan rings is 1. The van der Waals surface area contributed by atoms with E-state index in [1.54, 1.807) is 24.3 Å². The number of carbonyl (C=O) groups is 1. The van der Waals surface area contributed by atoms with Crippen LogP contribution in [0.3, 0.4) is 0 Å². The maximum Gasteiger partial charge on any atom is 0.253 e. The molecule has 0 aliphatic carbocycles. The smallest absolute Gasteiger partial charge is 0.253 e. The number of hydrogen-bond acceptors (Lipinski definition) is 3. The fourth-order valence-electron chi connectivity index (χ4n) is 2.95. The highest BCUT2D eigenvalue weighted by atomic mass is 32.2. The summed E-state index contributed by atoms with van der Waals surface area (Å²) in [7, 11) is -1.18. The van der Waals surface area contributed by atoms with Gasteiger partial charge in [0.2, 0.25) is 0 Å². The first-order valence-corrected chi connectivity index (χ1v) is 9.61. The average molecular weight is 355 g/mol. The van der Waals surface area contributed by atoms with E-state index < -0.39 is 10.8 Å². The first kappa shape index (κ1) is 17.4. The van der Waals surface area contributed by atoms with Gasteiger partial charge in [0.1, 0.15) is 11.3 Å². The van der Waals surface area contributed by atoms with Gasteiger partial charge in [0.05, 0.1) is 27.3 Å². The molecule has 1 amide bonds. The van der Waals surface area contributed by atoms with Gasteiger partial charge in [0.25, 0.3) is 5.91 Å². The number of nitrogens with one attached hydrogen (secondary N) is 1. The molecule has 25 heavy (non-hydrogen) atoms. The molecule has 2 atom stereocenters. The Bertz CT molecular complexity index is 945. The molecule has 0 spiro atoms. The summed E-state index contributed by atoms with van der Waals surface area (Å²) >= 11 is 0. The lowest BCUT2D eigenvalue weighted by Crippen LogP contribution is -2.27. The van der Waals surface area contributed by atoms with Gasteiger partial charge in [0, 0.05) is 16.7 Å². The van der Waals surface area contributed by atoms with E-state index in [9.17, 15) is 9.00 Å². The van der Waals surface area contributed by atoms with E-state index in [1.165, 1.54) is 0 Å². The van der Waals surface area contributed by atoms with Crippen molar-refractivity contribution in [3.63, 3.8) is 0 Å². The number of hydrogen-bond donors (Lipinski definition) is 1. The minimum atomic E-state index is -1.18. The number of amides is 1. The van der Waals surface area contributed by atoms with Crippen LogP contribution in [0.15, 0.2) is 57.8 Å². The molecule has 2 aromatic carbocycles. The van der Waals surface area contributed by atoms with Crippen molar-refractivity contribution in [1.29, 1.82) is 0 Å². The molecule has 0 radical (unpaired) electrons. The van der Waals surface area contributed by atoms with Crippen molar-refractivity contribution >= 4 is 27.7 Å². The lowest BCUT2D eigenvalue weighted by molar-refractivity contribution is 0.0932. The first-order valence-electron chi connectivity index (χ1n) is 8.29. The highest BCUT2D eigenvalue weighted by Gasteiger charge is 2.21. The Morgan fingerprint density at radius 2 is 1.84 bits per heavy atom. The predicted molar refractivity (Wildman–Crippen MR) is 100 cm³/mol. The van der Waals surface area contributed by atoms with Crippen molar-refractivity contribution in [2.45, 2.75) is 31.7 Å². The quantitative estimate of drug-likeness (QED) is 0.740. The van der Waals surface area contributed by atoms with Crippen LogP contribution in [0.25, 0.3) is 11.0 Å². The summed E-state index contributed by atoms with van der Waals surface area (Å²) in [6.45, 7) is 5.72. The van der Waals surface area contributed by atoms with E-state index in [0.29, 0.717) is 16.2 Å². The topological polar surface area (TPSA) is 59.3 Å². The zero-order valence-electron chi connectivity index (χ0n) is 14.5. The highest BCUT2D eigenvalue weighted by Crippen LogP contribution is 2.29. The lowest BCUT2D eigenvalue weighted by Gasteiger charge is -2.14. The summed E-state index contributed by atoms with van der Waals surface area (Å²) in [4.78, 5) is 13.3. The third kappa shape index (κ3) is 3.37. The molecule has 4 nitrogen and oxygen atoms in total. The molecule has 1 heterocycles. The number of fused-ring (bicyclic) bond motifs is 1. The van der Waals surface area contributed by atoms with E-state index in [4.69, 9.17) is 4.42 Å².